The Morgan fingerprint density at radius 1 is 1.24 bits per heavy atom. The summed E-state index contributed by atoms with van der Waals surface area (Å²) in [6.07, 6.45) is -4.30. The Balaban J connectivity index is 2.09. The first-order valence-electron chi connectivity index (χ1n) is 5.61. The smallest absolute Gasteiger partial charge is 0.166 e. The molecule has 2 nitrogen and oxygen atoms in total. The SMILES string of the molecule is CC1c2ccc(C(F)(F)F)cc2N=[N+]2C(C)C12. The van der Waals surface area contributed by atoms with Gasteiger partial charge in [0.2, 0.25) is 12.1 Å². The highest BCUT2D eigenvalue weighted by Gasteiger charge is 2.60. The molecule has 1 aromatic carbocycles. The maximum Gasteiger partial charge on any atom is 0.416 e. The van der Waals surface area contributed by atoms with E-state index in [9.17, 15) is 13.2 Å². The van der Waals surface area contributed by atoms with E-state index >= 15 is 0 Å². The van der Waals surface area contributed by atoms with Gasteiger partial charge in [0, 0.05) is 6.92 Å². The lowest BCUT2D eigenvalue weighted by Gasteiger charge is -2.13. The van der Waals surface area contributed by atoms with Crippen molar-refractivity contribution in [2.24, 2.45) is 5.11 Å². The van der Waals surface area contributed by atoms with Crippen LogP contribution in [0.4, 0.5) is 18.9 Å². The Morgan fingerprint density at radius 2 is 1.94 bits per heavy atom. The van der Waals surface area contributed by atoms with Gasteiger partial charge in [0.25, 0.3) is 0 Å². The van der Waals surface area contributed by atoms with Crippen molar-refractivity contribution >= 4 is 5.69 Å². The second-order valence-corrected chi connectivity index (χ2v) is 4.77. The molecule has 0 bridgehead atoms. The van der Waals surface area contributed by atoms with Gasteiger partial charge in [0.1, 0.15) is 5.69 Å². The van der Waals surface area contributed by atoms with Crippen LogP contribution in [0.1, 0.15) is 30.9 Å². The number of alkyl halides is 3. The molecule has 0 N–H and O–H groups in total. The number of rotatable bonds is 0. The second-order valence-electron chi connectivity index (χ2n) is 4.77. The summed E-state index contributed by atoms with van der Waals surface area (Å²) in [6, 6.07) is 4.56. The molecule has 90 valence electrons. The van der Waals surface area contributed by atoms with Crippen LogP contribution in [0, 0.1) is 0 Å². The molecule has 0 spiro atoms. The largest absolute Gasteiger partial charge is 0.416 e. The molecule has 5 heteroatoms. The minimum absolute atomic E-state index is 0.250. The van der Waals surface area contributed by atoms with E-state index in [2.05, 4.69) is 5.11 Å². The highest BCUT2D eigenvalue weighted by molar-refractivity contribution is 5.51. The summed E-state index contributed by atoms with van der Waals surface area (Å²) < 4.78 is 39.6. The van der Waals surface area contributed by atoms with Crippen molar-refractivity contribution in [1.82, 2.24) is 0 Å². The molecule has 2 heterocycles. The molecule has 0 radical (unpaired) electrons. The van der Waals surface area contributed by atoms with Gasteiger partial charge in [-0.25, -0.2) is 0 Å². The van der Waals surface area contributed by atoms with Gasteiger partial charge >= 0.3 is 6.18 Å². The molecule has 3 rings (SSSR count). The summed E-state index contributed by atoms with van der Waals surface area (Å²) in [7, 11) is 0. The molecule has 2 aliphatic heterocycles. The topological polar surface area (TPSA) is 15.4 Å². The predicted octanol–water partition coefficient (Wildman–Crippen LogP) is 3.69. The molecule has 0 aliphatic carbocycles. The summed E-state index contributed by atoms with van der Waals surface area (Å²) in [5, 5.41) is 4.26. The van der Waals surface area contributed by atoms with Crippen LogP contribution in [0.5, 0.6) is 0 Å². The second kappa shape index (κ2) is 3.09. The van der Waals surface area contributed by atoms with Crippen molar-refractivity contribution < 1.29 is 17.9 Å². The lowest BCUT2D eigenvalue weighted by molar-refractivity contribution is -0.456. The third-order valence-electron chi connectivity index (χ3n) is 3.71. The third-order valence-corrected chi connectivity index (χ3v) is 3.71. The zero-order chi connectivity index (χ0) is 12.4. The van der Waals surface area contributed by atoms with Crippen molar-refractivity contribution in [2.75, 3.05) is 0 Å². The molecule has 17 heavy (non-hydrogen) atoms. The van der Waals surface area contributed by atoms with Crippen LogP contribution in [0.15, 0.2) is 23.3 Å². The minimum Gasteiger partial charge on any atom is -0.166 e. The first-order valence-corrected chi connectivity index (χ1v) is 5.61. The summed E-state index contributed by atoms with van der Waals surface area (Å²) in [4.78, 5) is 0. The number of halogens is 3. The highest BCUT2D eigenvalue weighted by Crippen LogP contribution is 2.46. The van der Waals surface area contributed by atoms with E-state index < -0.39 is 11.7 Å². The lowest BCUT2D eigenvalue weighted by Crippen LogP contribution is -2.10. The highest BCUT2D eigenvalue weighted by atomic mass is 19.4. The van der Waals surface area contributed by atoms with Crippen LogP contribution in [-0.4, -0.2) is 16.8 Å². The number of hydrogen-bond acceptors (Lipinski definition) is 1. The Hall–Kier alpha value is -1.39. The van der Waals surface area contributed by atoms with Crippen molar-refractivity contribution in [3.05, 3.63) is 29.3 Å². The number of nitrogens with zero attached hydrogens (tertiary/aromatic N) is 2. The molecule has 0 saturated carbocycles. The summed E-state index contributed by atoms with van der Waals surface area (Å²) >= 11 is 0. The number of hydrogen-bond donors (Lipinski definition) is 0. The lowest BCUT2D eigenvalue weighted by atomic mass is 9.93. The van der Waals surface area contributed by atoms with Gasteiger partial charge in [-0.3, -0.25) is 0 Å². The van der Waals surface area contributed by atoms with Gasteiger partial charge < -0.3 is 0 Å². The van der Waals surface area contributed by atoms with Crippen LogP contribution in [0.3, 0.4) is 0 Å². The Labute approximate surface area is 96.8 Å². The Kier molecular flexibility index (Phi) is 1.95. The van der Waals surface area contributed by atoms with Crippen LogP contribution >= 0.6 is 0 Å². The molecule has 0 amide bonds. The predicted molar refractivity (Wildman–Crippen MR) is 55.5 cm³/mol. The van der Waals surface area contributed by atoms with E-state index in [1.807, 2.05) is 18.5 Å². The third kappa shape index (κ3) is 1.48. The van der Waals surface area contributed by atoms with Crippen LogP contribution in [0.25, 0.3) is 0 Å². The van der Waals surface area contributed by atoms with Gasteiger partial charge in [-0.15, -0.1) is 4.70 Å². The van der Waals surface area contributed by atoms with Gasteiger partial charge in [0.05, 0.1) is 11.5 Å². The Morgan fingerprint density at radius 3 is 2.59 bits per heavy atom. The summed E-state index contributed by atoms with van der Waals surface area (Å²) in [6.45, 7) is 4.09. The molecule has 2 aliphatic rings. The fourth-order valence-corrected chi connectivity index (χ4v) is 2.66. The van der Waals surface area contributed by atoms with Crippen LogP contribution in [-0.2, 0) is 6.18 Å². The average Bonchev–Trinajstić information content (AvgIpc) is 2.88. The molecule has 0 aromatic heterocycles. The van der Waals surface area contributed by atoms with Gasteiger partial charge in [-0.2, -0.15) is 13.2 Å². The molecule has 3 atom stereocenters. The van der Waals surface area contributed by atoms with Crippen molar-refractivity contribution in [3.63, 3.8) is 0 Å². The van der Waals surface area contributed by atoms with Crippen molar-refractivity contribution in [1.29, 1.82) is 0 Å². The van der Waals surface area contributed by atoms with Crippen molar-refractivity contribution in [2.45, 2.75) is 38.0 Å². The van der Waals surface area contributed by atoms with E-state index in [0.29, 0.717) is 17.8 Å². The van der Waals surface area contributed by atoms with E-state index in [1.54, 1.807) is 6.07 Å². The number of azo groups is 2. The normalized spacial score (nSPS) is 30.4. The van der Waals surface area contributed by atoms with E-state index in [-0.39, 0.29) is 5.92 Å². The number of fused-ring (bicyclic) bond motifs is 2. The van der Waals surface area contributed by atoms with Crippen LogP contribution < -0.4 is 0 Å². The zero-order valence-corrected chi connectivity index (χ0v) is 9.49. The first-order chi connectivity index (χ1) is 7.89. The standard InChI is InChI=1S/C12H12F3N2/c1-6-9-4-3-8(12(13,14)15)5-10(9)16-17-7(2)11(6)17/h3-7,11H,1-2H3/q+1. The molecule has 3 unspecified atom stereocenters. The first kappa shape index (κ1) is 10.7. The minimum atomic E-state index is -4.30. The number of benzene rings is 1. The Bertz CT molecular complexity index is 519. The fraction of sp³-hybridized carbons (Fsp3) is 0.500. The molecular weight excluding hydrogens is 229 g/mol. The van der Waals surface area contributed by atoms with Gasteiger partial charge in [-0.1, -0.05) is 13.0 Å². The van der Waals surface area contributed by atoms with Crippen LogP contribution in [0.2, 0.25) is 0 Å². The maximum absolute atomic E-state index is 12.6. The summed E-state index contributed by atoms with van der Waals surface area (Å²) in [5.41, 5.74) is 0.761. The van der Waals surface area contributed by atoms with Gasteiger partial charge in [0.15, 0.2) is 0 Å². The zero-order valence-electron chi connectivity index (χ0n) is 9.49. The fourth-order valence-electron chi connectivity index (χ4n) is 2.66. The van der Waals surface area contributed by atoms with E-state index in [0.717, 1.165) is 17.7 Å². The monoisotopic (exact) mass is 241 g/mol. The average molecular weight is 241 g/mol. The van der Waals surface area contributed by atoms with Gasteiger partial charge in [-0.05, 0) is 22.8 Å². The molecule has 1 aromatic rings. The molecule has 1 fully saturated rings. The van der Waals surface area contributed by atoms with Crippen molar-refractivity contribution in [3.8, 4) is 0 Å². The maximum atomic E-state index is 12.6. The quantitative estimate of drug-likeness (QED) is 0.486. The summed E-state index contributed by atoms with van der Waals surface area (Å²) in [5.74, 6) is 0.250. The molecule has 1 saturated heterocycles. The van der Waals surface area contributed by atoms with E-state index in [1.165, 1.54) is 0 Å². The van der Waals surface area contributed by atoms with E-state index in [4.69, 9.17) is 0 Å². The molecular formula is C12H12F3N2+.